The predicted molar refractivity (Wildman–Crippen MR) is 109 cm³/mol. The molecular formula is C20H22ClN3O3S. The average molecular weight is 420 g/mol. The Morgan fingerprint density at radius 1 is 1.04 bits per heavy atom. The van der Waals surface area contributed by atoms with Crippen molar-refractivity contribution in [3.05, 3.63) is 40.4 Å². The fourth-order valence-electron chi connectivity index (χ4n) is 3.63. The molecule has 2 aromatic rings. The second kappa shape index (κ2) is 8.59. The molecule has 0 saturated carbocycles. The van der Waals surface area contributed by atoms with Crippen molar-refractivity contribution in [2.45, 2.75) is 12.8 Å². The normalized spacial score (nSPS) is 18.3. The van der Waals surface area contributed by atoms with Gasteiger partial charge in [-0.1, -0.05) is 23.7 Å². The Morgan fingerprint density at radius 2 is 1.71 bits per heavy atom. The van der Waals surface area contributed by atoms with Gasteiger partial charge >= 0.3 is 0 Å². The van der Waals surface area contributed by atoms with Gasteiger partial charge in [-0.05, 0) is 25.0 Å². The van der Waals surface area contributed by atoms with Crippen LogP contribution in [0.1, 0.15) is 23.3 Å². The Morgan fingerprint density at radius 3 is 2.39 bits per heavy atom. The van der Waals surface area contributed by atoms with Gasteiger partial charge in [0.15, 0.2) is 0 Å². The second-order valence-corrected chi connectivity index (χ2v) is 8.34. The second-order valence-electron chi connectivity index (χ2n) is 7.05. The molecule has 0 radical (unpaired) electrons. The Kier molecular flexibility index (Phi) is 5.94. The number of thiazole rings is 1. The molecule has 3 heterocycles. The van der Waals surface area contributed by atoms with E-state index in [0.29, 0.717) is 63.0 Å². The molecule has 2 saturated heterocycles. The minimum atomic E-state index is -0.0614. The number of piperidine rings is 1. The van der Waals surface area contributed by atoms with Gasteiger partial charge in [-0.2, -0.15) is 0 Å². The van der Waals surface area contributed by atoms with Crippen LogP contribution in [0.4, 0.5) is 0 Å². The van der Waals surface area contributed by atoms with Gasteiger partial charge < -0.3 is 14.5 Å². The number of carbonyl (C=O) groups is 2. The summed E-state index contributed by atoms with van der Waals surface area (Å²) in [4.78, 5) is 33.7. The first-order valence-electron chi connectivity index (χ1n) is 9.49. The molecular weight excluding hydrogens is 398 g/mol. The molecule has 0 atom stereocenters. The molecule has 2 fully saturated rings. The van der Waals surface area contributed by atoms with Crippen molar-refractivity contribution in [2.24, 2.45) is 5.92 Å². The van der Waals surface area contributed by atoms with Crippen molar-refractivity contribution in [1.29, 1.82) is 0 Å². The molecule has 6 nitrogen and oxygen atoms in total. The number of hydrogen-bond donors (Lipinski definition) is 0. The molecule has 2 aliphatic rings. The molecule has 0 bridgehead atoms. The van der Waals surface area contributed by atoms with E-state index < -0.39 is 0 Å². The van der Waals surface area contributed by atoms with Crippen molar-refractivity contribution >= 4 is 34.8 Å². The number of halogens is 1. The van der Waals surface area contributed by atoms with Crippen LogP contribution in [-0.2, 0) is 9.53 Å². The highest BCUT2D eigenvalue weighted by atomic mass is 35.5. The van der Waals surface area contributed by atoms with E-state index in [-0.39, 0.29) is 17.7 Å². The maximum Gasteiger partial charge on any atom is 0.273 e. The van der Waals surface area contributed by atoms with Crippen molar-refractivity contribution in [3.63, 3.8) is 0 Å². The summed E-state index contributed by atoms with van der Waals surface area (Å²) in [6.45, 7) is 3.75. The number of nitrogens with zero attached hydrogens (tertiary/aromatic N) is 3. The summed E-state index contributed by atoms with van der Waals surface area (Å²) in [6, 6.07) is 7.43. The van der Waals surface area contributed by atoms with E-state index in [1.165, 1.54) is 11.3 Å². The number of benzene rings is 1. The van der Waals surface area contributed by atoms with Crippen molar-refractivity contribution in [2.75, 3.05) is 39.4 Å². The molecule has 4 rings (SSSR count). The SMILES string of the molecule is O=C(c1csc(-c2ccc(Cl)cc2)n1)N1CCC(C(=O)N2CCOCC2)CC1. The Balaban J connectivity index is 1.35. The minimum absolute atomic E-state index is 0.00205. The lowest BCUT2D eigenvalue weighted by Gasteiger charge is -2.35. The number of likely N-dealkylation sites (tertiary alicyclic amines) is 1. The monoisotopic (exact) mass is 419 g/mol. The third kappa shape index (κ3) is 4.21. The number of carbonyl (C=O) groups excluding carboxylic acids is 2. The lowest BCUT2D eigenvalue weighted by molar-refractivity contribution is -0.141. The molecule has 2 aliphatic heterocycles. The van der Waals surface area contributed by atoms with Crippen LogP contribution in [0.15, 0.2) is 29.6 Å². The number of rotatable bonds is 3. The molecule has 0 spiro atoms. The number of morpholine rings is 1. The summed E-state index contributed by atoms with van der Waals surface area (Å²) in [5.41, 5.74) is 1.41. The molecule has 0 unspecified atom stereocenters. The van der Waals surface area contributed by atoms with Crippen LogP contribution in [0.25, 0.3) is 10.6 Å². The van der Waals surface area contributed by atoms with E-state index in [4.69, 9.17) is 16.3 Å². The first-order valence-corrected chi connectivity index (χ1v) is 10.7. The van der Waals surface area contributed by atoms with Gasteiger partial charge in [0.2, 0.25) is 5.91 Å². The molecule has 0 N–H and O–H groups in total. The summed E-state index contributed by atoms with van der Waals surface area (Å²) >= 11 is 7.38. The van der Waals surface area contributed by atoms with Gasteiger partial charge in [-0.15, -0.1) is 11.3 Å². The van der Waals surface area contributed by atoms with E-state index >= 15 is 0 Å². The van der Waals surface area contributed by atoms with Crippen molar-refractivity contribution in [1.82, 2.24) is 14.8 Å². The van der Waals surface area contributed by atoms with Crippen LogP contribution < -0.4 is 0 Å². The van der Waals surface area contributed by atoms with Gasteiger partial charge in [-0.3, -0.25) is 9.59 Å². The molecule has 2 amide bonds. The van der Waals surface area contributed by atoms with Gasteiger partial charge in [0.25, 0.3) is 5.91 Å². The standard InChI is InChI=1S/C20H22ClN3O3S/c21-16-3-1-14(2-4-16)18-22-17(13-28-18)20(26)23-7-5-15(6-8-23)19(25)24-9-11-27-12-10-24/h1-4,13,15H,5-12H2. The van der Waals surface area contributed by atoms with E-state index in [2.05, 4.69) is 4.98 Å². The van der Waals surface area contributed by atoms with Crippen LogP contribution in [0, 0.1) is 5.92 Å². The topological polar surface area (TPSA) is 62.7 Å². The van der Waals surface area contributed by atoms with E-state index in [1.807, 2.05) is 34.1 Å². The van der Waals surface area contributed by atoms with Crippen LogP contribution in [0.3, 0.4) is 0 Å². The summed E-state index contributed by atoms with van der Waals surface area (Å²) in [6.07, 6.45) is 1.41. The zero-order valence-corrected chi connectivity index (χ0v) is 17.0. The molecule has 28 heavy (non-hydrogen) atoms. The molecule has 1 aromatic carbocycles. The first kappa shape index (κ1) is 19.4. The highest BCUT2D eigenvalue weighted by molar-refractivity contribution is 7.13. The molecule has 8 heteroatoms. The summed E-state index contributed by atoms with van der Waals surface area (Å²) in [5.74, 6) is 0.144. The maximum absolute atomic E-state index is 12.8. The Labute approximate surface area is 173 Å². The fourth-order valence-corrected chi connectivity index (χ4v) is 4.56. The average Bonchev–Trinajstić information content (AvgIpc) is 3.24. The van der Waals surface area contributed by atoms with Gasteiger partial charge in [0, 0.05) is 48.1 Å². The van der Waals surface area contributed by atoms with Crippen molar-refractivity contribution < 1.29 is 14.3 Å². The number of aromatic nitrogens is 1. The van der Waals surface area contributed by atoms with Crippen LogP contribution in [-0.4, -0.2) is 66.0 Å². The van der Waals surface area contributed by atoms with Gasteiger partial charge in [0.1, 0.15) is 10.7 Å². The number of ether oxygens (including phenoxy) is 1. The third-order valence-electron chi connectivity index (χ3n) is 5.27. The smallest absolute Gasteiger partial charge is 0.273 e. The largest absolute Gasteiger partial charge is 0.378 e. The van der Waals surface area contributed by atoms with Crippen LogP contribution >= 0.6 is 22.9 Å². The zero-order chi connectivity index (χ0) is 19.5. The third-order valence-corrected chi connectivity index (χ3v) is 6.41. The van der Waals surface area contributed by atoms with Gasteiger partial charge in [0.05, 0.1) is 13.2 Å². The predicted octanol–water partition coefficient (Wildman–Crippen LogP) is 3.17. The first-order chi connectivity index (χ1) is 13.6. The molecule has 1 aromatic heterocycles. The zero-order valence-electron chi connectivity index (χ0n) is 15.5. The highest BCUT2D eigenvalue weighted by Gasteiger charge is 2.31. The minimum Gasteiger partial charge on any atom is -0.378 e. The molecule has 148 valence electrons. The van der Waals surface area contributed by atoms with E-state index in [9.17, 15) is 9.59 Å². The fraction of sp³-hybridized carbons (Fsp3) is 0.450. The number of amides is 2. The lowest BCUT2D eigenvalue weighted by Crippen LogP contribution is -2.47. The lowest BCUT2D eigenvalue weighted by atomic mass is 9.95. The highest BCUT2D eigenvalue weighted by Crippen LogP contribution is 2.27. The van der Waals surface area contributed by atoms with Crippen LogP contribution in [0.5, 0.6) is 0 Å². The summed E-state index contributed by atoms with van der Waals surface area (Å²) in [5, 5.41) is 3.28. The summed E-state index contributed by atoms with van der Waals surface area (Å²) in [7, 11) is 0. The van der Waals surface area contributed by atoms with E-state index in [0.717, 1.165) is 10.6 Å². The van der Waals surface area contributed by atoms with Gasteiger partial charge in [-0.25, -0.2) is 4.98 Å². The Hall–Kier alpha value is -1.96. The quantitative estimate of drug-likeness (QED) is 0.766. The van der Waals surface area contributed by atoms with Crippen molar-refractivity contribution in [3.8, 4) is 10.6 Å². The van der Waals surface area contributed by atoms with Crippen LogP contribution in [0.2, 0.25) is 5.02 Å². The summed E-state index contributed by atoms with van der Waals surface area (Å²) < 4.78 is 5.32. The Bertz CT molecular complexity index is 841. The molecule has 0 aliphatic carbocycles. The maximum atomic E-state index is 12.8. The number of hydrogen-bond acceptors (Lipinski definition) is 5. The van der Waals surface area contributed by atoms with E-state index in [1.54, 1.807) is 5.38 Å².